The van der Waals surface area contributed by atoms with Crippen LogP contribution in [0.5, 0.6) is 5.88 Å². The molecule has 0 aliphatic heterocycles. The highest BCUT2D eigenvalue weighted by molar-refractivity contribution is 5.54. The summed E-state index contributed by atoms with van der Waals surface area (Å²) in [6.45, 7) is 9.59. The van der Waals surface area contributed by atoms with Crippen LogP contribution in [0.3, 0.4) is 0 Å². The summed E-state index contributed by atoms with van der Waals surface area (Å²) < 4.78 is 5.68. The van der Waals surface area contributed by atoms with Crippen molar-refractivity contribution in [2.45, 2.75) is 45.8 Å². The second-order valence-electron chi connectivity index (χ2n) is 5.97. The standard InChI is InChI=1S/C13H23N3O2/c1-12(2,3)18-11-9(14)6-7-10(15-11)16-13(4,5)8-17/h6-7,17H,8,14H2,1-5H3,(H,15,16). The number of aliphatic hydroxyl groups excluding tert-OH is 1. The first-order valence-electron chi connectivity index (χ1n) is 5.97. The van der Waals surface area contributed by atoms with E-state index in [4.69, 9.17) is 10.5 Å². The van der Waals surface area contributed by atoms with Crippen LogP contribution in [0.1, 0.15) is 34.6 Å². The maximum atomic E-state index is 9.22. The Labute approximate surface area is 108 Å². The molecule has 0 fully saturated rings. The largest absolute Gasteiger partial charge is 0.470 e. The Balaban J connectivity index is 2.94. The van der Waals surface area contributed by atoms with E-state index in [-0.39, 0.29) is 12.2 Å². The third-order valence-corrected chi connectivity index (χ3v) is 2.15. The predicted octanol–water partition coefficient (Wildman–Crippen LogP) is 2.02. The van der Waals surface area contributed by atoms with Gasteiger partial charge in [0.2, 0.25) is 5.88 Å². The molecule has 1 rings (SSSR count). The molecule has 0 atom stereocenters. The molecule has 0 saturated heterocycles. The number of pyridine rings is 1. The zero-order valence-corrected chi connectivity index (χ0v) is 11.7. The summed E-state index contributed by atoms with van der Waals surface area (Å²) in [5.74, 6) is 1.03. The summed E-state index contributed by atoms with van der Waals surface area (Å²) in [5, 5.41) is 12.3. The molecule has 0 amide bonds. The molecule has 0 radical (unpaired) electrons. The van der Waals surface area contributed by atoms with E-state index in [1.165, 1.54) is 0 Å². The van der Waals surface area contributed by atoms with Gasteiger partial charge < -0.3 is 20.9 Å². The third-order valence-electron chi connectivity index (χ3n) is 2.15. The van der Waals surface area contributed by atoms with Crippen molar-refractivity contribution in [2.24, 2.45) is 0 Å². The van der Waals surface area contributed by atoms with Gasteiger partial charge in [0, 0.05) is 0 Å². The molecule has 5 nitrogen and oxygen atoms in total. The monoisotopic (exact) mass is 253 g/mol. The highest BCUT2D eigenvalue weighted by Gasteiger charge is 2.19. The van der Waals surface area contributed by atoms with E-state index in [1.807, 2.05) is 34.6 Å². The van der Waals surface area contributed by atoms with E-state index in [0.717, 1.165) is 0 Å². The molecule has 0 saturated carbocycles. The second-order valence-corrected chi connectivity index (χ2v) is 5.97. The minimum atomic E-state index is -0.442. The normalized spacial score (nSPS) is 12.3. The fourth-order valence-electron chi connectivity index (χ4n) is 1.28. The van der Waals surface area contributed by atoms with Gasteiger partial charge in [-0.05, 0) is 46.8 Å². The van der Waals surface area contributed by atoms with Crippen molar-refractivity contribution in [3.05, 3.63) is 12.1 Å². The minimum absolute atomic E-state index is 0.00845. The van der Waals surface area contributed by atoms with Gasteiger partial charge in [0.05, 0.1) is 17.8 Å². The Kier molecular flexibility index (Phi) is 4.06. The van der Waals surface area contributed by atoms with Gasteiger partial charge in [-0.1, -0.05) is 0 Å². The van der Waals surface area contributed by atoms with Crippen LogP contribution >= 0.6 is 0 Å². The minimum Gasteiger partial charge on any atom is -0.470 e. The number of rotatable bonds is 4. The lowest BCUT2D eigenvalue weighted by Gasteiger charge is -2.26. The quantitative estimate of drug-likeness (QED) is 0.765. The Morgan fingerprint density at radius 3 is 2.39 bits per heavy atom. The van der Waals surface area contributed by atoms with E-state index >= 15 is 0 Å². The highest BCUT2D eigenvalue weighted by Crippen LogP contribution is 2.26. The van der Waals surface area contributed by atoms with Crippen molar-refractivity contribution in [2.75, 3.05) is 17.7 Å². The summed E-state index contributed by atoms with van der Waals surface area (Å²) in [6, 6.07) is 3.51. The van der Waals surface area contributed by atoms with Crippen LogP contribution in [-0.4, -0.2) is 27.8 Å². The molecule has 1 aromatic heterocycles. The van der Waals surface area contributed by atoms with Gasteiger partial charge in [0.15, 0.2) is 0 Å². The summed E-state index contributed by atoms with van der Waals surface area (Å²) in [7, 11) is 0. The van der Waals surface area contributed by atoms with Crippen LogP contribution in [0.15, 0.2) is 12.1 Å². The molecule has 1 aromatic rings. The van der Waals surface area contributed by atoms with Crippen molar-refractivity contribution < 1.29 is 9.84 Å². The van der Waals surface area contributed by atoms with Gasteiger partial charge in [0.1, 0.15) is 11.4 Å². The van der Waals surface area contributed by atoms with Crippen LogP contribution in [0.4, 0.5) is 11.5 Å². The first kappa shape index (κ1) is 14.6. The number of nitrogens with two attached hydrogens (primary N) is 1. The summed E-state index contributed by atoms with van der Waals surface area (Å²) >= 11 is 0. The molecule has 5 heteroatoms. The van der Waals surface area contributed by atoms with Crippen LogP contribution in [-0.2, 0) is 0 Å². The van der Waals surface area contributed by atoms with Crippen molar-refractivity contribution in [3.8, 4) is 5.88 Å². The Morgan fingerprint density at radius 2 is 1.89 bits per heavy atom. The second kappa shape index (κ2) is 5.02. The zero-order chi connectivity index (χ0) is 14.0. The van der Waals surface area contributed by atoms with Gasteiger partial charge in [-0.25, -0.2) is 0 Å². The maximum Gasteiger partial charge on any atom is 0.239 e. The number of nitrogens with zero attached hydrogens (tertiary/aromatic N) is 1. The fourth-order valence-corrected chi connectivity index (χ4v) is 1.28. The number of hydrogen-bond donors (Lipinski definition) is 3. The van der Waals surface area contributed by atoms with Crippen molar-refractivity contribution in [1.82, 2.24) is 4.98 Å². The first-order valence-corrected chi connectivity index (χ1v) is 5.97. The fraction of sp³-hybridized carbons (Fsp3) is 0.615. The molecular formula is C13H23N3O2. The smallest absolute Gasteiger partial charge is 0.239 e. The lowest BCUT2D eigenvalue weighted by atomic mass is 10.1. The third kappa shape index (κ3) is 4.41. The molecule has 0 aromatic carbocycles. The Morgan fingerprint density at radius 1 is 1.28 bits per heavy atom. The number of hydrogen-bond acceptors (Lipinski definition) is 5. The van der Waals surface area contributed by atoms with Crippen molar-refractivity contribution in [3.63, 3.8) is 0 Å². The molecule has 0 aliphatic carbocycles. The van der Waals surface area contributed by atoms with Crippen LogP contribution in [0, 0.1) is 0 Å². The lowest BCUT2D eigenvalue weighted by molar-refractivity contribution is 0.125. The van der Waals surface area contributed by atoms with E-state index in [1.54, 1.807) is 12.1 Å². The van der Waals surface area contributed by atoms with Gasteiger partial charge in [-0.15, -0.1) is 0 Å². The van der Waals surface area contributed by atoms with Crippen LogP contribution in [0.25, 0.3) is 0 Å². The topological polar surface area (TPSA) is 80.4 Å². The van der Waals surface area contributed by atoms with Crippen molar-refractivity contribution >= 4 is 11.5 Å². The molecule has 0 spiro atoms. The average Bonchev–Trinajstić information content (AvgIpc) is 2.21. The molecule has 18 heavy (non-hydrogen) atoms. The SMILES string of the molecule is CC(C)(CO)Nc1ccc(N)c(OC(C)(C)C)n1. The Bertz CT molecular complexity index is 411. The predicted molar refractivity (Wildman–Crippen MR) is 73.8 cm³/mol. The zero-order valence-electron chi connectivity index (χ0n) is 11.7. The van der Waals surface area contributed by atoms with Gasteiger partial charge in [0.25, 0.3) is 0 Å². The maximum absolute atomic E-state index is 9.22. The average molecular weight is 253 g/mol. The molecule has 1 heterocycles. The van der Waals surface area contributed by atoms with Crippen LogP contribution in [0.2, 0.25) is 0 Å². The number of aromatic nitrogens is 1. The van der Waals surface area contributed by atoms with Gasteiger partial charge in [-0.3, -0.25) is 0 Å². The van der Waals surface area contributed by atoms with Gasteiger partial charge >= 0.3 is 0 Å². The molecule has 102 valence electrons. The van der Waals surface area contributed by atoms with E-state index in [0.29, 0.717) is 17.4 Å². The van der Waals surface area contributed by atoms with E-state index < -0.39 is 5.54 Å². The molecule has 0 aliphatic rings. The summed E-state index contributed by atoms with van der Waals surface area (Å²) in [4.78, 5) is 4.32. The number of ether oxygens (including phenoxy) is 1. The van der Waals surface area contributed by atoms with Crippen molar-refractivity contribution in [1.29, 1.82) is 0 Å². The number of aliphatic hydroxyl groups is 1. The summed E-state index contributed by atoms with van der Waals surface area (Å²) in [6.07, 6.45) is 0. The molecule has 4 N–H and O–H groups in total. The highest BCUT2D eigenvalue weighted by atomic mass is 16.5. The van der Waals surface area contributed by atoms with E-state index in [2.05, 4.69) is 10.3 Å². The summed E-state index contributed by atoms with van der Waals surface area (Å²) in [5.41, 5.74) is 5.53. The van der Waals surface area contributed by atoms with Crippen LogP contribution < -0.4 is 15.8 Å². The number of nitrogen functional groups attached to an aromatic ring is 1. The van der Waals surface area contributed by atoms with Gasteiger partial charge in [-0.2, -0.15) is 4.98 Å². The Hall–Kier alpha value is -1.49. The number of anilines is 2. The molecular weight excluding hydrogens is 230 g/mol. The molecule has 0 bridgehead atoms. The molecule has 0 unspecified atom stereocenters. The lowest BCUT2D eigenvalue weighted by Crippen LogP contribution is -2.35. The van der Waals surface area contributed by atoms with E-state index in [9.17, 15) is 5.11 Å². The number of nitrogens with one attached hydrogen (secondary N) is 1. The first-order chi connectivity index (χ1) is 8.13.